The zero-order chi connectivity index (χ0) is 13.2. The van der Waals surface area contributed by atoms with Crippen LogP contribution in [0.4, 0.5) is 4.79 Å². The highest BCUT2D eigenvalue weighted by molar-refractivity contribution is 9.09. The third kappa shape index (κ3) is 3.87. The molecular formula is C11H18BrNO4. The lowest BCUT2D eigenvalue weighted by molar-refractivity contribution is -0.145. The van der Waals surface area contributed by atoms with Crippen molar-refractivity contribution in [3.63, 3.8) is 0 Å². The number of carbonyl (C=O) groups is 2. The Balaban J connectivity index is 2.73. The van der Waals surface area contributed by atoms with E-state index in [2.05, 4.69) is 20.7 Å². The molecule has 0 saturated carbocycles. The lowest BCUT2D eigenvalue weighted by Crippen LogP contribution is -2.43. The van der Waals surface area contributed by atoms with Gasteiger partial charge in [-0.2, -0.15) is 0 Å². The number of rotatable bonds is 1. The van der Waals surface area contributed by atoms with Crippen molar-refractivity contribution in [3.05, 3.63) is 0 Å². The van der Waals surface area contributed by atoms with E-state index in [1.165, 1.54) is 12.0 Å². The van der Waals surface area contributed by atoms with Crippen LogP contribution >= 0.6 is 15.9 Å². The van der Waals surface area contributed by atoms with Crippen LogP contribution in [0, 0.1) is 0 Å². The van der Waals surface area contributed by atoms with Gasteiger partial charge in [-0.3, -0.25) is 4.90 Å². The first kappa shape index (κ1) is 14.3. The standard InChI is InChI=1S/C11H18BrNO4/c1-11(2,3)17-10(15)13-6-7(12)5-8(13)9(14)16-4/h7-8H,5-6H2,1-4H3/t7-,8+/m1/s1. The van der Waals surface area contributed by atoms with Crippen molar-refractivity contribution >= 4 is 28.0 Å². The first-order valence-corrected chi connectivity index (χ1v) is 6.37. The molecule has 0 aliphatic carbocycles. The van der Waals surface area contributed by atoms with Gasteiger partial charge in [0.1, 0.15) is 11.6 Å². The number of hydrogen-bond acceptors (Lipinski definition) is 4. The van der Waals surface area contributed by atoms with E-state index in [9.17, 15) is 9.59 Å². The lowest BCUT2D eigenvalue weighted by atomic mass is 10.2. The molecule has 1 fully saturated rings. The molecule has 0 bridgehead atoms. The Bertz CT molecular complexity index is 313. The van der Waals surface area contributed by atoms with E-state index in [-0.39, 0.29) is 4.83 Å². The second-order valence-electron chi connectivity index (χ2n) is 5.00. The van der Waals surface area contributed by atoms with Crippen molar-refractivity contribution in [1.29, 1.82) is 0 Å². The predicted molar refractivity (Wildman–Crippen MR) is 66.1 cm³/mol. The fourth-order valence-corrected chi connectivity index (χ4v) is 2.33. The highest BCUT2D eigenvalue weighted by Gasteiger charge is 2.41. The molecule has 0 aromatic carbocycles. The molecule has 1 amide bonds. The molecule has 0 radical (unpaired) electrons. The topological polar surface area (TPSA) is 55.8 Å². The number of halogens is 1. The fourth-order valence-electron chi connectivity index (χ4n) is 1.67. The van der Waals surface area contributed by atoms with Crippen LogP contribution in [-0.2, 0) is 14.3 Å². The molecular weight excluding hydrogens is 290 g/mol. The van der Waals surface area contributed by atoms with Gasteiger partial charge in [-0.1, -0.05) is 15.9 Å². The molecule has 0 aromatic rings. The van der Waals surface area contributed by atoms with Crippen LogP contribution in [0.3, 0.4) is 0 Å². The SMILES string of the molecule is COC(=O)[C@@H]1C[C@@H](Br)CN1C(=O)OC(C)(C)C. The maximum absolute atomic E-state index is 11.9. The van der Waals surface area contributed by atoms with Gasteiger partial charge < -0.3 is 9.47 Å². The first-order chi connectivity index (χ1) is 7.74. The minimum Gasteiger partial charge on any atom is -0.467 e. The zero-order valence-electron chi connectivity index (χ0n) is 10.5. The second kappa shape index (κ2) is 5.25. The number of likely N-dealkylation sites (tertiary alicyclic amines) is 1. The van der Waals surface area contributed by atoms with Gasteiger partial charge in [0.25, 0.3) is 0 Å². The van der Waals surface area contributed by atoms with Crippen LogP contribution in [0.25, 0.3) is 0 Å². The van der Waals surface area contributed by atoms with Gasteiger partial charge in [-0.15, -0.1) is 0 Å². The van der Waals surface area contributed by atoms with Crippen LogP contribution in [0.5, 0.6) is 0 Å². The molecule has 6 heteroatoms. The number of carbonyl (C=O) groups excluding carboxylic acids is 2. The number of hydrogen-bond donors (Lipinski definition) is 0. The van der Waals surface area contributed by atoms with Crippen molar-refractivity contribution in [2.24, 2.45) is 0 Å². The minimum absolute atomic E-state index is 0.0964. The number of methoxy groups -OCH3 is 1. The van der Waals surface area contributed by atoms with E-state index in [0.717, 1.165) is 0 Å². The van der Waals surface area contributed by atoms with Crippen LogP contribution in [-0.4, -0.2) is 47.1 Å². The zero-order valence-corrected chi connectivity index (χ0v) is 12.1. The Morgan fingerprint density at radius 1 is 1.35 bits per heavy atom. The third-order valence-corrected chi connectivity index (χ3v) is 3.01. The summed E-state index contributed by atoms with van der Waals surface area (Å²) in [5.74, 6) is -0.405. The average Bonchev–Trinajstić information content (AvgIpc) is 2.56. The molecule has 0 N–H and O–H groups in total. The van der Waals surface area contributed by atoms with Gasteiger partial charge in [0.2, 0.25) is 0 Å². The summed E-state index contributed by atoms with van der Waals surface area (Å²) in [6.07, 6.45) is 0.0705. The summed E-state index contributed by atoms with van der Waals surface area (Å²) in [6, 6.07) is -0.556. The Morgan fingerprint density at radius 3 is 2.41 bits per heavy atom. The van der Waals surface area contributed by atoms with Gasteiger partial charge in [-0.25, -0.2) is 9.59 Å². The lowest BCUT2D eigenvalue weighted by Gasteiger charge is -2.27. The van der Waals surface area contributed by atoms with Crippen LogP contribution in [0.2, 0.25) is 0 Å². The molecule has 1 heterocycles. The molecule has 2 atom stereocenters. The van der Waals surface area contributed by atoms with E-state index in [1.807, 2.05) is 0 Å². The van der Waals surface area contributed by atoms with Gasteiger partial charge in [0.15, 0.2) is 0 Å². The summed E-state index contributed by atoms with van der Waals surface area (Å²) in [5, 5.41) is 0. The van der Waals surface area contributed by atoms with Gasteiger partial charge in [0.05, 0.1) is 7.11 Å². The molecule has 1 aliphatic rings. The summed E-state index contributed by atoms with van der Waals surface area (Å²) in [7, 11) is 1.32. The first-order valence-electron chi connectivity index (χ1n) is 5.46. The Hall–Kier alpha value is -0.780. The molecule has 1 rings (SSSR count). The van der Waals surface area contributed by atoms with Crippen molar-refractivity contribution in [1.82, 2.24) is 4.90 Å². The van der Waals surface area contributed by atoms with E-state index in [1.54, 1.807) is 20.8 Å². The smallest absolute Gasteiger partial charge is 0.411 e. The average molecular weight is 308 g/mol. The van der Waals surface area contributed by atoms with Crippen LogP contribution in [0.1, 0.15) is 27.2 Å². The molecule has 0 spiro atoms. The predicted octanol–water partition coefficient (Wildman–Crippen LogP) is 1.93. The van der Waals surface area contributed by atoms with Crippen molar-refractivity contribution < 1.29 is 19.1 Å². The van der Waals surface area contributed by atoms with Gasteiger partial charge >= 0.3 is 12.1 Å². The Labute approximate surface area is 110 Å². The van der Waals surface area contributed by atoms with Crippen molar-refractivity contribution in [2.45, 2.75) is 43.7 Å². The summed E-state index contributed by atoms with van der Waals surface area (Å²) >= 11 is 3.41. The van der Waals surface area contributed by atoms with Crippen molar-refractivity contribution in [3.8, 4) is 0 Å². The van der Waals surface area contributed by atoms with E-state index in [4.69, 9.17) is 4.74 Å². The summed E-state index contributed by atoms with van der Waals surface area (Å²) in [5.41, 5.74) is -0.567. The minimum atomic E-state index is -0.567. The Morgan fingerprint density at radius 2 is 1.94 bits per heavy atom. The Kier molecular flexibility index (Phi) is 4.41. The fraction of sp³-hybridized carbons (Fsp3) is 0.818. The molecule has 1 saturated heterocycles. The summed E-state index contributed by atoms with van der Waals surface area (Å²) < 4.78 is 9.94. The third-order valence-electron chi connectivity index (χ3n) is 2.35. The van der Waals surface area contributed by atoms with Gasteiger partial charge in [-0.05, 0) is 27.2 Å². The number of esters is 1. The van der Waals surface area contributed by atoms with Gasteiger partial charge in [0, 0.05) is 11.4 Å². The summed E-state index contributed by atoms with van der Waals surface area (Å²) in [4.78, 5) is 25.0. The van der Waals surface area contributed by atoms with E-state index >= 15 is 0 Å². The highest BCUT2D eigenvalue weighted by atomic mass is 79.9. The molecule has 0 aromatic heterocycles. The number of amides is 1. The number of nitrogens with zero attached hydrogens (tertiary/aromatic N) is 1. The monoisotopic (exact) mass is 307 g/mol. The number of ether oxygens (including phenoxy) is 2. The second-order valence-corrected chi connectivity index (χ2v) is 6.30. The highest BCUT2D eigenvalue weighted by Crippen LogP contribution is 2.26. The van der Waals surface area contributed by atoms with Crippen molar-refractivity contribution in [2.75, 3.05) is 13.7 Å². The summed E-state index contributed by atoms with van der Waals surface area (Å²) in [6.45, 7) is 5.83. The largest absolute Gasteiger partial charge is 0.467 e. The number of alkyl halides is 1. The van der Waals surface area contributed by atoms with Crippen LogP contribution in [0.15, 0.2) is 0 Å². The van der Waals surface area contributed by atoms with Crippen LogP contribution < -0.4 is 0 Å². The maximum Gasteiger partial charge on any atom is 0.411 e. The molecule has 0 unspecified atom stereocenters. The maximum atomic E-state index is 11.9. The van der Waals surface area contributed by atoms with E-state index in [0.29, 0.717) is 13.0 Å². The molecule has 98 valence electrons. The molecule has 5 nitrogen and oxygen atoms in total. The quantitative estimate of drug-likeness (QED) is 0.549. The normalized spacial score (nSPS) is 24.6. The molecule has 17 heavy (non-hydrogen) atoms. The van der Waals surface area contributed by atoms with E-state index < -0.39 is 23.7 Å². The molecule has 1 aliphatic heterocycles.